The summed E-state index contributed by atoms with van der Waals surface area (Å²) in [5.74, 6) is -0.618. The van der Waals surface area contributed by atoms with Gasteiger partial charge in [-0.05, 0) is 6.92 Å². The fraction of sp³-hybridized carbons (Fsp3) is 0.667. The summed E-state index contributed by atoms with van der Waals surface area (Å²) in [6.07, 6.45) is -1.96. The van der Waals surface area contributed by atoms with E-state index in [9.17, 15) is 13.6 Å². The Labute approximate surface area is 57.5 Å². The van der Waals surface area contributed by atoms with E-state index >= 15 is 0 Å². The van der Waals surface area contributed by atoms with Crippen molar-refractivity contribution in [1.29, 1.82) is 0 Å². The quantitative estimate of drug-likeness (QED) is 0.560. The average molecular weight is 150 g/mol. The Bertz CT molecular complexity index is 141. The molecule has 0 aliphatic carbocycles. The van der Waals surface area contributed by atoms with E-state index in [2.05, 4.69) is 4.74 Å². The highest BCUT2D eigenvalue weighted by atomic mass is 19.2. The van der Waals surface area contributed by atoms with Crippen molar-refractivity contribution in [2.45, 2.75) is 13.1 Å². The van der Waals surface area contributed by atoms with Crippen molar-refractivity contribution in [2.24, 2.45) is 0 Å². The van der Waals surface area contributed by atoms with Gasteiger partial charge in [0.25, 0.3) is 0 Å². The van der Waals surface area contributed by atoms with Crippen LogP contribution in [0.4, 0.5) is 8.78 Å². The lowest BCUT2D eigenvalue weighted by Crippen LogP contribution is -2.11. The Hall–Kier alpha value is -0.730. The lowest BCUT2D eigenvalue weighted by atomic mass is 10.4. The Morgan fingerprint density at radius 1 is 1.80 bits per heavy atom. The summed E-state index contributed by atoms with van der Waals surface area (Å²) in [6, 6.07) is 0. The Morgan fingerprint density at radius 2 is 2.40 bits per heavy atom. The molecule has 0 radical (unpaired) electrons. The van der Waals surface area contributed by atoms with Crippen LogP contribution in [0.1, 0.15) is 6.92 Å². The van der Waals surface area contributed by atoms with Gasteiger partial charge >= 0.3 is 0 Å². The van der Waals surface area contributed by atoms with E-state index in [0.717, 1.165) is 5.94 Å². The third-order valence-corrected chi connectivity index (χ3v) is 0.841. The maximum atomic E-state index is 12.2. The zero-order valence-corrected chi connectivity index (χ0v) is 5.56. The maximum absolute atomic E-state index is 12.2. The highest BCUT2D eigenvalue weighted by Gasteiger charge is 2.12. The second-order valence-electron chi connectivity index (χ2n) is 1.58. The monoisotopic (exact) mass is 150 g/mol. The summed E-state index contributed by atoms with van der Waals surface area (Å²) in [6.45, 7) is 1.53. The van der Waals surface area contributed by atoms with Crippen LogP contribution in [0.5, 0.6) is 0 Å². The van der Waals surface area contributed by atoms with Crippen molar-refractivity contribution < 1.29 is 18.3 Å². The highest BCUT2D eigenvalue weighted by Crippen LogP contribution is 2.04. The first kappa shape index (κ1) is 9.27. The van der Waals surface area contributed by atoms with Gasteiger partial charge in [0.15, 0.2) is 12.1 Å². The normalized spacial score (nSPS) is 12.3. The van der Waals surface area contributed by atoms with Crippen LogP contribution >= 0.6 is 0 Å². The summed E-state index contributed by atoms with van der Waals surface area (Å²) < 4.78 is 28.6. The maximum Gasteiger partial charge on any atom is 0.219 e. The van der Waals surface area contributed by atoms with Crippen molar-refractivity contribution >= 4 is 5.94 Å². The molecule has 0 aliphatic rings. The minimum Gasteiger partial charge on any atom is -0.378 e. The molecule has 1 unspecified atom stereocenters. The largest absolute Gasteiger partial charge is 0.378 e. The molecule has 2 nitrogen and oxygen atoms in total. The summed E-state index contributed by atoms with van der Waals surface area (Å²) >= 11 is 0. The van der Waals surface area contributed by atoms with Crippen LogP contribution in [0.15, 0.2) is 5.83 Å². The summed E-state index contributed by atoms with van der Waals surface area (Å²) in [5, 5.41) is 0. The molecule has 0 spiro atoms. The summed E-state index contributed by atoms with van der Waals surface area (Å²) in [4.78, 5) is 9.48. The zero-order chi connectivity index (χ0) is 7.98. The molecule has 0 fully saturated rings. The van der Waals surface area contributed by atoms with Gasteiger partial charge in [0.1, 0.15) is 0 Å². The fourth-order valence-corrected chi connectivity index (χ4v) is 0.358. The van der Waals surface area contributed by atoms with Crippen LogP contribution in [0.3, 0.4) is 0 Å². The minimum atomic E-state index is -1.96. The van der Waals surface area contributed by atoms with Gasteiger partial charge in [-0.25, -0.2) is 9.18 Å². The van der Waals surface area contributed by atoms with Crippen LogP contribution in [0.25, 0.3) is 0 Å². The van der Waals surface area contributed by atoms with E-state index in [1.54, 1.807) is 6.92 Å². The van der Waals surface area contributed by atoms with Gasteiger partial charge in [-0.1, -0.05) is 0 Å². The van der Waals surface area contributed by atoms with Gasteiger partial charge in [0, 0.05) is 6.61 Å². The predicted octanol–water partition coefficient (Wildman–Crippen LogP) is 1.05. The molecule has 0 aromatic heterocycles. The molecule has 0 aliphatic heterocycles. The molecule has 0 aromatic rings. The van der Waals surface area contributed by atoms with E-state index in [1.165, 1.54) is 0 Å². The first-order valence-corrected chi connectivity index (χ1v) is 2.84. The Balaban J connectivity index is 3.62. The molecule has 4 heteroatoms. The van der Waals surface area contributed by atoms with Crippen LogP contribution in [0.2, 0.25) is 0 Å². The third kappa shape index (κ3) is 3.33. The van der Waals surface area contributed by atoms with Gasteiger partial charge in [0.05, 0.1) is 6.61 Å². The van der Waals surface area contributed by atoms with Crippen molar-refractivity contribution in [3.8, 4) is 0 Å². The third-order valence-electron chi connectivity index (χ3n) is 0.841. The number of carbonyl (C=O) groups excluding carboxylic acids is 1. The standard InChI is InChI=1S/C6H8F2O2/c1-2-10-4-6(8)5(7)3-9/h6H,2,4H2,1H3. The number of alkyl halides is 1. The van der Waals surface area contributed by atoms with E-state index in [-0.39, 0.29) is 0 Å². The van der Waals surface area contributed by atoms with Crippen LogP contribution < -0.4 is 0 Å². The van der Waals surface area contributed by atoms with E-state index in [1.807, 2.05) is 0 Å². The van der Waals surface area contributed by atoms with Crippen molar-refractivity contribution in [3.63, 3.8) is 0 Å². The number of ether oxygens (including phenoxy) is 1. The van der Waals surface area contributed by atoms with E-state index < -0.39 is 18.6 Å². The average Bonchev–Trinajstić information content (AvgIpc) is 1.98. The molecule has 0 N–H and O–H groups in total. The van der Waals surface area contributed by atoms with Crippen molar-refractivity contribution in [3.05, 3.63) is 5.83 Å². The second-order valence-corrected chi connectivity index (χ2v) is 1.58. The van der Waals surface area contributed by atoms with Gasteiger partial charge in [-0.2, -0.15) is 4.39 Å². The van der Waals surface area contributed by atoms with Crippen LogP contribution in [-0.2, 0) is 9.53 Å². The second kappa shape index (κ2) is 5.09. The molecule has 0 bridgehead atoms. The topological polar surface area (TPSA) is 26.3 Å². The van der Waals surface area contributed by atoms with Gasteiger partial charge in [-0.3, -0.25) is 0 Å². The number of hydrogen-bond donors (Lipinski definition) is 0. The van der Waals surface area contributed by atoms with Crippen molar-refractivity contribution in [1.82, 2.24) is 0 Å². The first-order chi connectivity index (χ1) is 4.72. The predicted molar refractivity (Wildman–Crippen MR) is 31.7 cm³/mol. The molecule has 0 saturated heterocycles. The lowest BCUT2D eigenvalue weighted by Gasteiger charge is -2.01. The molecule has 0 amide bonds. The molecule has 58 valence electrons. The molecule has 0 saturated carbocycles. The van der Waals surface area contributed by atoms with Crippen LogP contribution in [0, 0.1) is 0 Å². The molecular formula is C6H8F2O2. The first-order valence-electron chi connectivity index (χ1n) is 2.84. The van der Waals surface area contributed by atoms with E-state index in [0.29, 0.717) is 6.61 Å². The molecule has 1 atom stereocenters. The zero-order valence-electron chi connectivity index (χ0n) is 5.56. The van der Waals surface area contributed by atoms with Gasteiger partial charge < -0.3 is 4.74 Å². The van der Waals surface area contributed by atoms with E-state index in [4.69, 9.17) is 0 Å². The van der Waals surface area contributed by atoms with Gasteiger partial charge in [0.2, 0.25) is 5.83 Å². The number of hydrogen-bond acceptors (Lipinski definition) is 2. The summed E-state index contributed by atoms with van der Waals surface area (Å²) in [5.41, 5.74) is 0. The molecule has 0 rings (SSSR count). The smallest absolute Gasteiger partial charge is 0.219 e. The number of halogens is 2. The Kier molecular flexibility index (Phi) is 4.72. The summed E-state index contributed by atoms with van der Waals surface area (Å²) in [7, 11) is 0. The molecule has 0 heterocycles. The SMILES string of the molecule is CCOCC(F)C(F)=C=O. The molecular weight excluding hydrogens is 142 g/mol. The fourth-order valence-electron chi connectivity index (χ4n) is 0.358. The molecule has 10 heavy (non-hydrogen) atoms. The molecule has 0 aromatic carbocycles. The van der Waals surface area contributed by atoms with Crippen LogP contribution in [-0.4, -0.2) is 25.3 Å². The number of rotatable bonds is 4. The minimum absolute atomic E-state index is 0.298. The Morgan fingerprint density at radius 3 is 2.80 bits per heavy atom. The van der Waals surface area contributed by atoms with Crippen molar-refractivity contribution in [2.75, 3.05) is 13.2 Å². The highest BCUT2D eigenvalue weighted by molar-refractivity contribution is 5.50. The lowest BCUT2D eigenvalue weighted by molar-refractivity contribution is 0.0953. The van der Waals surface area contributed by atoms with Gasteiger partial charge in [-0.15, -0.1) is 0 Å².